The number of carbonyl (C=O) groups is 1. The number of hydrogen-bond acceptors (Lipinski definition) is 4. The van der Waals surface area contributed by atoms with Gasteiger partial charge in [0.1, 0.15) is 0 Å². The molecule has 1 amide bonds. The summed E-state index contributed by atoms with van der Waals surface area (Å²) >= 11 is 0. The Kier molecular flexibility index (Phi) is 4.79. The van der Waals surface area contributed by atoms with E-state index in [0.29, 0.717) is 11.7 Å². The second kappa shape index (κ2) is 7.01. The SMILES string of the molecule is Cc1cc(C)n2nc(C(=O)NC(CC(C)C)c3ccccc3)nc2n1. The molecule has 1 atom stereocenters. The lowest BCUT2D eigenvalue weighted by Crippen LogP contribution is -2.30. The van der Waals surface area contributed by atoms with Gasteiger partial charge in [0.25, 0.3) is 11.7 Å². The Labute approximate surface area is 147 Å². The van der Waals surface area contributed by atoms with Crippen molar-refractivity contribution >= 4 is 11.7 Å². The minimum absolute atomic E-state index is 0.0731. The van der Waals surface area contributed by atoms with E-state index in [4.69, 9.17) is 0 Å². The molecule has 0 aliphatic heterocycles. The van der Waals surface area contributed by atoms with Crippen molar-refractivity contribution in [3.8, 4) is 0 Å². The van der Waals surface area contributed by atoms with Gasteiger partial charge < -0.3 is 5.32 Å². The second-order valence-corrected chi connectivity index (χ2v) is 6.75. The summed E-state index contributed by atoms with van der Waals surface area (Å²) in [6.45, 7) is 8.10. The molecule has 6 heteroatoms. The van der Waals surface area contributed by atoms with Crippen LogP contribution >= 0.6 is 0 Å². The normalized spacial score (nSPS) is 12.5. The molecule has 130 valence electrons. The zero-order valence-corrected chi connectivity index (χ0v) is 15.0. The zero-order chi connectivity index (χ0) is 18.0. The van der Waals surface area contributed by atoms with E-state index in [0.717, 1.165) is 23.4 Å². The lowest BCUT2D eigenvalue weighted by molar-refractivity contribution is 0.0921. The van der Waals surface area contributed by atoms with E-state index in [1.54, 1.807) is 4.52 Å². The summed E-state index contributed by atoms with van der Waals surface area (Å²) in [5, 5.41) is 7.38. The van der Waals surface area contributed by atoms with Gasteiger partial charge in [-0.25, -0.2) is 9.50 Å². The first-order chi connectivity index (χ1) is 11.9. The van der Waals surface area contributed by atoms with Gasteiger partial charge in [-0.3, -0.25) is 4.79 Å². The van der Waals surface area contributed by atoms with E-state index < -0.39 is 0 Å². The van der Waals surface area contributed by atoms with Crippen molar-refractivity contribution in [2.45, 2.75) is 40.2 Å². The topological polar surface area (TPSA) is 72.2 Å². The lowest BCUT2D eigenvalue weighted by Gasteiger charge is -2.20. The van der Waals surface area contributed by atoms with Crippen molar-refractivity contribution in [3.63, 3.8) is 0 Å². The maximum atomic E-state index is 12.7. The maximum absolute atomic E-state index is 12.7. The van der Waals surface area contributed by atoms with Crippen LogP contribution in [0.3, 0.4) is 0 Å². The fourth-order valence-electron chi connectivity index (χ4n) is 2.92. The van der Waals surface area contributed by atoms with Gasteiger partial charge in [0.05, 0.1) is 6.04 Å². The standard InChI is InChI=1S/C19H23N5O/c1-12(2)10-16(15-8-6-5-7-9-15)21-18(25)17-22-19-20-13(3)11-14(4)24(19)23-17/h5-9,11-12,16H,10H2,1-4H3,(H,21,25). The number of nitrogens with zero attached hydrogens (tertiary/aromatic N) is 4. The van der Waals surface area contributed by atoms with E-state index in [-0.39, 0.29) is 17.8 Å². The Hall–Kier alpha value is -2.76. The van der Waals surface area contributed by atoms with Gasteiger partial charge in [0.2, 0.25) is 5.82 Å². The van der Waals surface area contributed by atoms with E-state index in [1.165, 1.54) is 0 Å². The molecular weight excluding hydrogens is 314 g/mol. The van der Waals surface area contributed by atoms with Gasteiger partial charge in [0, 0.05) is 11.4 Å². The average Bonchev–Trinajstić information content (AvgIpc) is 2.99. The molecule has 25 heavy (non-hydrogen) atoms. The van der Waals surface area contributed by atoms with Crippen LogP contribution in [0.4, 0.5) is 0 Å². The molecule has 0 spiro atoms. The average molecular weight is 337 g/mol. The number of aryl methyl sites for hydroxylation is 2. The molecule has 0 aliphatic rings. The van der Waals surface area contributed by atoms with E-state index in [2.05, 4.69) is 34.2 Å². The van der Waals surface area contributed by atoms with Crippen molar-refractivity contribution in [3.05, 3.63) is 59.2 Å². The highest BCUT2D eigenvalue weighted by atomic mass is 16.2. The quantitative estimate of drug-likeness (QED) is 0.775. The number of carbonyl (C=O) groups excluding carboxylic acids is 1. The van der Waals surface area contributed by atoms with Crippen LogP contribution in [-0.4, -0.2) is 25.5 Å². The molecule has 0 fully saturated rings. The predicted octanol–water partition coefficient (Wildman–Crippen LogP) is 3.26. The van der Waals surface area contributed by atoms with Crippen LogP contribution in [0.5, 0.6) is 0 Å². The molecule has 0 radical (unpaired) electrons. The van der Waals surface area contributed by atoms with Crippen molar-refractivity contribution < 1.29 is 4.79 Å². The first-order valence-electron chi connectivity index (χ1n) is 8.51. The van der Waals surface area contributed by atoms with Crippen LogP contribution in [0.1, 0.15) is 53.9 Å². The number of amides is 1. The van der Waals surface area contributed by atoms with Crippen molar-refractivity contribution in [1.82, 2.24) is 24.9 Å². The highest BCUT2D eigenvalue weighted by Gasteiger charge is 2.20. The highest BCUT2D eigenvalue weighted by Crippen LogP contribution is 2.21. The van der Waals surface area contributed by atoms with E-state index in [1.807, 2.05) is 50.2 Å². The van der Waals surface area contributed by atoms with Gasteiger partial charge >= 0.3 is 0 Å². The Morgan fingerprint density at radius 1 is 1.16 bits per heavy atom. The smallest absolute Gasteiger partial charge is 0.291 e. The summed E-state index contributed by atoms with van der Waals surface area (Å²) in [7, 11) is 0. The minimum Gasteiger partial charge on any atom is -0.342 e. The van der Waals surface area contributed by atoms with Gasteiger partial charge in [-0.2, -0.15) is 4.98 Å². The van der Waals surface area contributed by atoms with Crippen LogP contribution in [0.25, 0.3) is 5.78 Å². The van der Waals surface area contributed by atoms with E-state index in [9.17, 15) is 4.79 Å². The molecule has 0 saturated heterocycles. The van der Waals surface area contributed by atoms with Crippen molar-refractivity contribution in [2.75, 3.05) is 0 Å². The largest absolute Gasteiger partial charge is 0.342 e. The third-order valence-electron chi connectivity index (χ3n) is 4.04. The van der Waals surface area contributed by atoms with Gasteiger partial charge in [0.15, 0.2) is 0 Å². The maximum Gasteiger partial charge on any atom is 0.291 e. The Balaban J connectivity index is 1.87. The third kappa shape index (κ3) is 3.84. The molecule has 3 rings (SSSR count). The number of hydrogen-bond donors (Lipinski definition) is 1. The summed E-state index contributed by atoms with van der Waals surface area (Å²) in [6.07, 6.45) is 0.847. The fraction of sp³-hybridized carbons (Fsp3) is 0.368. The fourth-order valence-corrected chi connectivity index (χ4v) is 2.92. The molecule has 0 bridgehead atoms. The summed E-state index contributed by atoms with van der Waals surface area (Å²) in [6, 6.07) is 11.8. The van der Waals surface area contributed by atoms with Gasteiger partial charge in [-0.15, -0.1) is 5.10 Å². The number of rotatable bonds is 5. The Morgan fingerprint density at radius 3 is 2.56 bits per heavy atom. The molecule has 2 heterocycles. The monoisotopic (exact) mass is 337 g/mol. The Bertz CT molecular complexity index is 885. The molecule has 1 aromatic carbocycles. The van der Waals surface area contributed by atoms with Crippen molar-refractivity contribution in [1.29, 1.82) is 0 Å². The van der Waals surface area contributed by atoms with Crippen LogP contribution in [0.15, 0.2) is 36.4 Å². The summed E-state index contributed by atoms with van der Waals surface area (Å²) in [5.74, 6) is 0.761. The van der Waals surface area contributed by atoms with E-state index >= 15 is 0 Å². The zero-order valence-electron chi connectivity index (χ0n) is 15.0. The highest BCUT2D eigenvalue weighted by molar-refractivity contribution is 5.91. The summed E-state index contributed by atoms with van der Waals surface area (Å²) in [5.41, 5.74) is 2.83. The number of fused-ring (bicyclic) bond motifs is 1. The number of nitrogens with one attached hydrogen (secondary N) is 1. The first kappa shape index (κ1) is 17.1. The van der Waals surface area contributed by atoms with Crippen LogP contribution in [-0.2, 0) is 0 Å². The molecule has 6 nitrogen and oxygen atoms in total. The molecule has 0 aliphatic carbocycles. The minimum atomic E-state index is -0.281. The van der Waals surface area contributed by atoms with Crippen molar-refractivity contribution in [2.24, 2.45) is 5.92 Å². The van der Waals surface area contributed by atoms with Crippen LogP contribution in [0, 0.1) is 19.8 Å². The summed E-state index contributed by atoms with van der Waals surface area (Å²) < 4.78 is 1.60. The number of benzene rings is 1. The third-order valence-corrected chi connectivity index (χ3v) is 4.04. The lowest BCUT2D eigenvalue weighted by atomic mass is 9.97. The Morgan fingerprint density at radius 2 is 1.88 bits per heavy atom. The predicted molar refractivity (Wildman–Crippen MR) is 96.4 cm³/mol. The molecular formula is C19H23N5O. The first-order valence-corrected chi connectivity index (χ1v) is 8.51. The molecule has 3 aromatic rings. The van der Waals surface area contributed by atoms with Gasteiger partial charge in [-0.1, -0.05) is 44.2 Å². The summed E-state index contributed by atoms with van der Waals surface area (Å²) in [4.78, 5) is 21.3. The molecule has 2 aromatic heterocycles. The molecule has 0 saturated carbocycles. The van der Waals surface area contributed by atoms with Gasteiger partial charge in [-0.05, 0) is 37.8 Å². The molecule has 1 N–H and O–H groups in total. The second-order valence-electron chi connectivity index (χ2n) is 6.75. The van der Waals surface area contributed by atoms with Crippen LogP contribution < -0.4 is 5.32 Å². The molecule has 1 unspecified atom stereocenters. The number of aromatic nitrogens is 4. The van der Waals surface area contributed by atoms with Crippen LogP contribution in [0.2, 0.25) is 0 Å².